The Morgan fingerprint density at radius 3 is 2.95 bits per heavy atom. The second-order valence-corrected chi connectivity index (χ2v) is 6.35. The molecule has 1 unspecified atom stereocenters. The van der Waals surface area contributed by atoms with Crippen molar-refractivity contribution in [1.82, 2.24) is 24.6 Å². The second kappa shape index (κ2) is 5.86. The fraction of sp³-hybridized carbons (Fsp3) is 0.167. The van der Waals surface area contributed by atoms with Crippen molar-refractivity contribution < 1.29 is 4.21 Å². The number of fused-ring (bicyclic) bond motifs is 1. The van der Waals surface area contributed by atoms with Gasteiger partial charge in [0.15, 0.2) is 5.65 Å². The highest BCUT2D eigenvalue weighted by atomic mass is 79.9. The van der Waals surface area contributed by atoms with E-state index in [0.29, 0.717) is 18.1 Å². The third-order valence-electron chi connectivity index (χ3n) is 2.74. The highest BCUT2D eigenvalue weighted by Crippen LogP contribution is 2.19. The van der Waals surface area contributed by atoms with Crippen molar-refractivity contribution >= 4 is 38.3 Å². The highest BCUT2D eigenvalue weighted by Gasteiger charge is 2.13. The van der Waals surface area contributed by atoms with Crippen LogP contribution < -0.4 is 5.32 Å². The Morgan fingerprint density at radius 2 is 2.24 bits per heavy atom. The van der Waals surface area contributed by atoms with Gasteiger partial charge >= 0.3 is 0 Å². The first kappa shape index (κ1) is 14.1. The maximum atomic E-state index is 11.7. The second-order valence-electron chi connectivity index (χ2n) is 4.23. The molecule has 3 rings (SSSR count). The van der Waals surface area contributed by atoms with E-state index in [0.717, 1.165) is 10.0 Å². The average molecular weight is 367 g/mol. The quantitative estimate of drug-likeness (QED) is 0.755. The van der Waals surface area contributed by atoms with Crippen LogP contribution in [0.3, 0.4) is 0 Å². The van der Waals surface area contributed by atoms with Gasteiger partial charge in [-0.2, -0.15) is 19.6 Å². The van der Waals surface area contributed by atoms with E-state index in [2.05, 4.69) is 41.3 Å². The molecule has 0 aliphatic rings. The molecule has 7 nitrogen and oxygen atoms in total. The van der Waals surface area contributed by atoms with Crippen molar-refractivity contribution in [3.8, 4) is 0 Å². The summed E-state index contributed by atoms with van der Waals surface area (Å²) in [6, 6.07) is 3.82. The normalized spacial score (nSPS) is 12.5. The SMILES string of the molecule is CS(=O)c1nc(NCc2cccnc2)n2ncc(Br)c2n1. The highest BCUT2D eigenvalue weighted by molar-refractivity contribution is 9.10. The summed E-state index contributed by atoms with van der Waals surface area (Å²) in [6.45, 7) is 0.535. The van der Waals surface area contributed by atoms with E-state index in [1.807, 2.05) is 12.1 Å². The number of hydrogen-bond donors (Lipinski definition) is 1. The summed E-state index contributed by atoms with van der Waals surface area (Å²) in [4.78, 5) is 12.6. The Bertz CT molecular complexity index is 806. The van der Waals surface area contributed by atoms with Crippen molar-refractivity contribution in [2.45, 2.75) is 11.7 Å². The average Bonchev–Trinajstić information content (AvgIpc) is 2.87. The maximum absolute atomic E-state index is 11.7. The molecule has 0 bridgehead atoms. The number of anilines is 1. The van der Waals surface area contributed by atoms with E-state index >= 15 is 0 Å². The van der Waals surface area contributed by atoms with Crippen LogP contribution in [-0.4, -0.2) is 35.0 Å². The van der Waals surface area contributed by atoms with Crippen LogP contribution in [-0.2, 0) is 17.3 Å². The molecule has 0 aliphatic carbocycles. The lowest BCUT2D eigenvalue weighted by Crippen LogP contribution is -2.11. The van der Waals surface area contributed by atoms with Crippen molar-refractivity contribution in [2.75, 3.05) is 11.6 Å². The van der Waals surface area contributed by atoms with Gasteiger partial charge in [-0.1, -0.05) is 6.07 Å². The topological polar surface area (TPSA) is 85.1 Å². The molecular weight excluding hydrogens is 356 g/mol. The van der Waals surface area contributed by atoms with E-state index in [4.69, 9.17) is 0 Å². The predicted octanol–water partition coefficient (Wildman–Crippen LogP) is 1.63. The minimum Gasteiger partial charge on any atom is -0.350 e. The summed E-state index contributed by atoms with van der Waals surface area (Å²) in [5.41, 5.74) is 1.58. The fourth-order valence-electron chi connectivity index (χ4n) is 1.76. The van der Waals surface area contributed by atoms with E-state index in [9.17, 15) is 4.21 Å². The number of nitrogens with zero attached hydrogens (tertiary/aromatic N) is 5. The molecule has 0 radical (unpaired) electrons. The molecular formula is C12H11BrN6OS. The Kier molecular flexibility index (Phi) is 3.93. The van der Waals surface area contributed by atoms with Gasteiger partial charge in [0.05, 0.1) is 21.5 Å². The van der Waals surface area contributed by atoms with Crippen LogP contribution in [0.4, 0.5) is 5.95 Å². The van der Waals surface area contributed by atoms with E-state index < -0.39 is 10.8 Å². The molecule has 0 saturated heterocycles. The molecule has 108 valence electrons. The number of pyridine rings is 1. The predicted molar refractivity (Wildman–Crippen MR) is 82.4 cm³/mol. The summed E-state index contributed by atoms with van der Waals surface area (Å²) in [6.07, 6.45) is 6.65. The summed E-state index contributed by atoms with van der Waals surface area (Å²) in [5, 5.41) is 7.63. The standard InChI is InChI=1S/C12H11BrN6OS/c1-21(20)12-17-10-9(13)7-16-19(10)11(18-12)15-6-8-3-2-4-14-5-8/h2-5,7H,6H2,1H3,(H,15,17,18). The molecule has 1 N–H and O–H groups in total. The zero-order valence-electron chi connectivity index (χ0n) is 11.0. The number of rotatable bonds is 4. The van der Waals surface area contributed by atoms with Gasteiger partial charge in [-0.15, -0.1) is 0 Å². The summed E-state index contributed by atoms with van der Waals surface area (Å²) in [7, 11) is -1.27. The molecule has 3 aromatic rings. The summed E-state index contributed by atoms with van der Waals surface area (Å²) < 4.78 is 13.9. The zero-order valence-corrected chi connectivity index (χ0v) is 13.4. The molecule has 3 heterocycles. The number of hydrogen-bond acceptors (Lipinski definition) is 6. The van der Waals surface area contributed by atoms with E-state index in [-0.39, 0.29) is 5.16 Å². The van der Waals surface area contributed by atoms with Crippen LogP contribution >= 0.6 is 15.9 Å². The van der Waals surface area contributed by atoms with Crippen LogP contribution in [0.5, 0.6) is 0 Å². The number of nitrogens with one attached hydrogen (secondary N) is 1. The van der Waals surface area contributed by atoms with Crippen LogP contribution in [0.25, 0.3) is 5.65 Å². The van der Waals surface area contributed by atoms with E-state index in [1.165, 1.54) is 0 Å². The van der Waals surface area contributed by atoms with Crippen molar-refractivity contribution in [3.05, 3.63) is 40.8 Å². The monoisotopic (exact) mass is 366 g/mol. The first-order valence-electron chi connectivity index (χ1n) is 6.02. The number of aromatic nitrogens is 5. The van der Waals surface area contributed by atoms with Gasteiger partial charge in [-0.25, -0.2) is 0 Å². The lowest BCUT2D eigenvalue weighted by Gasteiger charge is -2.08. The lowest BCUT2D eigenvalue weighted by atomic mass is 10.3. The summed E-state index contributed by atoms with van der Waals surface area (Å²) >= 11 is 3.37. The molecule has 0 aliphatic heterocycles. The van der Waals surface area contributed by atoms with E-state index in [1.54, 1.807) is 29.4 Å². The first-order chi connectivity index (χ1) is 10.1. The molecule has 0 fully saturated rings. The van der Waals surface area contributed by atoms with Gasteiger partial charge in [0.2, 0.25) is 11.1 Å². The van der Waals surface area contributed by atoms with Crippen molar-refractivity contribution in [3.63, 3.8) is 0 Å². The molecule has 1 atom stereocenters. The van der Waals surface area contributed by atoms with Gasteiger partial charge in [0, 0.05) is 25.2 Å². The minimum absolute atomic E-state index is 0.261. The smallest absolute Gasteiger partial charge is 0.228 e. The lowest BCUT2D eigenvalue weighted by molar-refractivity contribution is 0.678. The minimum atomic E-state index is -1.27. The molecule has 0 saturated carbocycles. The van der Waals surface area contributed by atoms with Crippen LogP contribution in [0.2, 0.25) is 0 Å². The third-order valence-corrected chi connectivity index (χ3v) is 3.99. The van der Waals surface area contributed by atoms with Crippen LogP contribution in [0, 0.1) is 0 Å². The van der Waals surface area contributed by atoms with Gasteiger partial charge in [-0.05, 0) is 27.6 Å². The van der Waals surface area contributed by atoms with Crippen LogP contribution in [0.1, 0.15) is 5.56 Å². The maximum Gasteiger partial charge on any atom is 0.228 e. The van der Waals surface area contributed by atoms with Crippen molar-refractivity contribution in [1.29, 1.82) is 0 Å². The Labute approximate surface area is 131 Å². The van der Waals surface area contributed by atoms with Crippen LogP contribution in [0.15, 0.2) is 40.4 Å². The number of halogens is 1. The zero-order chi connectivity index (χ0) is 14.8. The van der Waals surface area contributed by atoms with Gasteiger partial charge in [0.1, 0.15) is 0 Å². The van der Waals surface area contributed by atoms with Crippen molar-refractivity contribution in [2.24, 2.45) is 0 Å². The van der Waals surface area contributed by atoms with Gasteiger partial charge < -0.3 is 5.32 Å². The Balaban J connectivity index is 1.98. The summed E-state index contributed by atoms with van der Waals surface area (Å²) in [5.74, 6) is 0.486. The Morgan fingerprint density at radius 1 is 1.38 bits per heavy atom. The molecule has 9 heteroatoms. The molecule has 21 heavy (non-hydrogen) atoms. The van der Waals surface area contributed by atoms with Gasteiger partial charge in [0.25, 0.3) is 0 Å². The molecule has 0 spiro atoms. The first-order valence-corrected chi connectivity index (χ1v) is 8.38. The third kappa shape index (κ3) is 2.93. The molecule has 0 aromatic carbocycles. The fourth-order valence-corrected chi connectivity index (χ4v) is 2.54. The molecule has 3 aromatic heterocycles. The molecule has 0 amide bonds. The van der Waals surface area contributed by atoms with Gasteiger partial charge in [-0.3, -0.25) is 9.19 Å². The Hall–Kier alpha value is -1.87. The largest absolute Gasteiger partial charge is 0.350 e.